The van der Waals surface area contributed by atoms with Gasteiger partial charge in [-0.05, 0) is 60.2 Å². The lowest BCUT2D eigenvalue weighted by Crippen LogP contribution is -2.17. The molecule has 0 spiro atoms. The van der Waals surface area contributed by atoms with Gasteiger partial charge < -0.3 is 18.8 Å². The highest BCUT2D eigenvalue weighted by Gasteiger charge is 2.32. The number of methoxy groups -OCH3 is 2. The van der Waals surface area contributed by atoms with E-state index in [1.165, 1.54) is 25.6 Å². The van der Waals surface area contributed by atoms with E-state index in [0.29, 0.717) is 28.1 Å². The molecule has 6 nitrogen and oxygen atoms in total. The van der Waals surface area contributed by atoms with Crippen LogP contribution in [-0.2, 0) is 0 Å². The van der Waals surface area contributed by atoms with Crippen molar-refractivity contribution >= 4 is 21.7 Å². The number of rotatable bonds is 7. The minimum Gasteiger partial charge on any atom is -0.497 e. The van der Waals surface area contributed by atoms with Gasteiger partial charge in [0.25, 0.3) is 0 Å². The van der Waals surface area contributed by atoms with Gasteiger partial charge in [-0.15, -0.1) is 13.2 Å². The van der Waals surface area contributed by atoms with Crippen molar-refractivity contribution < 1.29 is 32.2 Å². The van der Waals surface area contributed by atoms with E-state index in [2.05, 4.69) is 25.7 Å². The van der Waals surface area contributed by atoms with Crippen LogP contribution < -0.4 is 14.2 Å². The smallest absolute Gasteiger partial charge is 0.497 e. The van der Waals surface area contributed by atoms with E-state index in [9.17, 15) is 18.0 Å². The molecule has 0 aliphatic carbocycles. The van der Waals surface area contributed by atoms with Crippen molar-refractivity contribution in [2.24, 2.45) is 0 Å². The molecule has 0 fully saturated rings. The second-order valence-electron chi connectivity index (χ2n) is 8.48. The van der Waals surface area contributed by atoms with Crippen molar-refractivity contribution in [1.29, 1.82) is 0 Å². The van der Waals surface area contributed by atoms with E-state index in [-0.39, 0.29) is 17.2 Å². The molecular formula is C31H24BrF3N2O4. The Morgan fingerprint density at radius 3 is 2.24 bits per heavy atom. The first-order valence-corrected chi connectivity index (χ1v) is 12.9. The van der Waals surface area contributed by atoms with Crippen LogP contribution >= 0.6 is 15.9 Å². The van der Waals surface area contributed by atoms with E-state index < -0.39 is 6.36 Å². The van der Waals surface area contributed by atoms with Crippen molar-refractivity contribution in [3.05, 3.63) is 125 Å². The van der Waals surface area contributed by atoms with Crippen LogP contribution in [-0.4, -0.2) is 35.9 Å². The normalized spacial score (nSPS) is 10.8. The van der Waals surface area contributed by atoms with Gasteiger partial charge in [0, 0.05) is 27.5 Å². The minimum absolute atomic E-state index is 0.226. The van der Waals surface area contributed by atoms with Gasteiger partial charge in [0.05, 0.1) is 14.2 Å². The highest BCUT2D eigenvalue weighted by Crippen LogP contribution is 2.34. The third-order valence-electron chi connectivity index (χ3n) is 5.76. The summed E-state index contributed by atoms with van der Waals surface area (Å²) in [6, 6.07) is 27.2. The van der Waals surface area contributed by atoms with E-state index in [0.717, 1.165) is 10.2 Å². The van der Waals surface area contributed by atoms with Crippen LogP contribution in [0.5, 0.6) is 17.2 Å². The molecule has 0 amide bonds. The van der Waals surface area contributed by atoms with Crippen molar-refractivity contribution in [1.82, 2.24) is 9.55 Å². The number of imidazole rings is 1. The van der Waals surface area contributed by atoms with Crippen molar-refractivity contribution in [2.45, 2.75) is 6.36 Å². The molecule has 0 N–H and O–H groups in total. The zero-order chi connectivity index (χ0) is 29.4. The molecule has 0 saturated carbocycles. The zero-order valence-corrected chi connectivity index (χ0v) is 23.5. The Hall–Kier alpha value is -4.57. The molecule has 0 bridgehead atoms. The third kappa shape index (κ3) is 7.98. The molecule has 210 valence electrons. The monoisotopic (exact) mass is 624 g/mol. The predicted molar refractivity (Wildman–Crippen MR) is 153 cm³/mol. The topological polar surface area (TPSA) is 62.6 Å². The van der Waals surface area contributed by atoms with Gasteiger partial charge in [-0.3, -0.25) is 4.79 Å². The third-order valence-corrected chi connectivity index (χ3v) is 6.29. The van der Waals surface area contributed by atoms with Crippen molar-refractivity contribution in [2.75, 3.05) is 14.2 Å². The maximum absolute atomic E-state index is 12.8. The largest absolute Gasteiger partial charge is 0.573 e. The van der Waals surface area contributed by atoms with E-state index in [1.54, 1.807) is 78.5 Å². The zero-order valence-electron chi connectivity index (χ0n) is 21.9. The Bertz CT molecular complexity index is 1620. The number of benzene rings is 4. The fraction of sp³-hybridized carbons (Fsp3) is 0.0968. The van der Waals surface area contributed by atoms with Gasteiger partial charge in [-0.2, -0.15) is 0 Å². The molecule has 0 aliphatic rings. The Kier molecular flexibility index (Phi) is 9.46. The van der Waals surface area contributed by atoms with Crippen molar-refractivity contribution in [3.8, 4) is 34.1 Å². The summed E-state index contributed by atoms with van der Waals surface area (Å²) in [6.07, 6.45) is -1.75. The summed E-state index contributed by atoms with van der Waals surface area (Å²) in [6.45, 7) is 0. The molecule has 0 saturated heterocycles. The Morgan fingerprint density at radius 2 is 1.54 bits per heavy atom. The summed E-state index contributed by atoms with van der Waals surface area (Å²) in [7, 11) is 3.17. The summed E-state index contributed by atoms with van der Waals surface area (Å²) in [5, 5.41) is 0. The highest BCUT2D eigenvalue weighted by molar-refractivity contribution is 9.10. The van der Waals surface area contributed by atoms with Crippen LogP contribution in [0.15, 0.2) is 114 Å². The molecule has 0 unspecified atom stereocenters. The molecule has 4 aromatic carbocycles. The second kappa shape index (κ2) is 13.2. The molecule has 1 aromatic heterocycles. The standard InChI is InChI=1S/C24H17F3N2O3.C7H7BrO/c1-31-19-9-5-7-17(13-19)23(30)21-14-29(15-28-21)18-8-4-6-16(12-18)20-10-2-3-11-22(20)32-24(25,26)27;1-9-7-4-2-6(8)3-5-7/h2-15H,1H3;2-5H,1H3. The molecule has 5 rings (SSSR count). The fourth-order valence-electron chi connectivity index (χ4n) is 3.82. The van der Waals surface area contributed by atoms with E-state index in [1.807, 2.05) is 24.3 Å². The van der Waals surface area contributed by atoms with Crippen LogP contribution in [0.1, 0.15) is 16.1 Å². The first-order valence-electron chi connectivity index (χ1n) is 12.1. The maximum Gasteiger partial charge on any atom is 0.573 e. The number of hydrogen-bond donors (Lipinski definition) is 0. The number of aromatic nitrogens is 2. The molecule has 41 heavy (non-hydrogen) atoms. The number of carbonyl (C=O) groups excluding carboxylic acids is 1. The fourth-order valence-corrected chi connectivity index (χ4v) is 4.08. The van der Waals surface area contributed by atoms with Crippen LogP contribution in [0.25, 0.3) is 16.8 Å². The van der Waals surface area contributed by atoms with Gasteiger partial charge in [0.2, 0.25) is 5.78 Å². The molecule has 5 aromatic rings. The number of halogens is 4. The number of ketones is 1. The van der Waals surface area contributed by atoms with Gasteiger partial charge in [0.1, 0.15) is 29.3 Å². The number of alkyl halides is 3. The van der Waals surface area contributed by atoms with Crippen LogP contribution in [0.4, 0.5) is 13.2 Å². The molecule has 0 radical (unpaired) electrons. The summed E-state index contributed by atoms with van der Waals surface area (Å²) in [5.74, 6) is 0.875. The molecular weight excluding hydrogens is 601 g/mol. The number of ether oxygens (including phenoxy) is 3. The average molecular weight is 625 g/mol. The van der Waals surface area contributed by atoms with Gasteiger partial charge >= 0.3 is 6.36 Å². The lowest BCUT2D eigenvalue weighted by atomic mass is 10.0. The number of para-hydroxylation sites is 1. The summed E-state index contributed by atoms with van der Waals surface area (Å²) >= 11 is 3.32. The first-order chi connectivity index (χ1) is 19.7. The molecule has 0 aliphatic heterocycles. The highest BCUT2D eigenvalue weighted by atomic mass is 79.9. The summed E-state index contributed by atoms with van der Waals surface area (Å²) in [5.41, 5.74) is 2.10. The minimum atomic E-state index is -4.80. The van der Waals surface area contributed by atoms with Crippen LogP contribution in [0.3, 0.4) is 0 Å². The Labute approximate surface area is 243 Å². The van der Waals surface area contributed by atoms with Gasteiger partial charge in [-0.1, -0.05) is 58.4 Å². The predicted octanol–water partition coefficient (Wildman–Crippen LogP) is 8.14. The summed E-state index contributed by atoms with van der Waals surface area (Å²) < 4.78 is 55.3. The number of hydrogen-bond acceptors (Lipinski definition) is 5. The first kappa shape index (κ1) is 29.4. The van der Waals surface area contributed by atoms with E-state index in [4.69, 9.17) is 9.47 Å². The maximum atomic E-state index is 12.8. The Morgan fingerprint density at radius 1 is 0.829 bits per heavy atom. The average Bonchev–Trinajstić information content (AvgIpc) is 3.48. The van der Waals surface area contributed by atoms with Crippen LogP contribution in [0, 0.1) is 0 Å². The summed E-state index contributed by atoms with van der Waals surface area (Å²) in [4.78, 5) is 17.0. The van der Waals surface area contributed by atoms with Gasteiger partial charge in [-0.25, -0.2) is 4.98 Å². The van der Waals surface area contributed by atoms with Crippen LogP contribution in [0.2, 0.25) is 0 Å². The molecule has 1 heterocycles. The SMILES string of the molecule is COc1ccc(Br)cc1.COc1cccc(C(=O)c2cn(-c3cccc(-c4ccccc4OC(F)(F)F)c3)cn2)c1. The second-order valence-corrected chi connectivity index (χ2v) is 9.40. The molecule has 10 heteroatoms. The van der Waals surface area contributed by atoms with Crippen molar-refractivity contribution in [3.63, 3.8) is 0 Å². The molecule has 0 atom stereocenters. The quantitative estimate of drug-likeness (QED) is 0.171. The lowest BCUT2D eigenvalue weighted by molar-refractivity contribution is -0.274. The Balaban J connectivity index is 0.000000367. The van der Waals surface area contributed by atoms with Gasteiger partial charge in [0.15, 0.2) is 0 Å². The lowest BCUT2D eigenvalue weighted by Gasteiger charge is -2.14. The van der Waals surface area contributed by atoms with E-state index >= 15 is 0 Å². The number of nitrogens with zero attached hydrogens (tertiary/aromatic N) is 2. The number of carbonyl (C=O) groups is 1.